The first kappa shape index (κ1) is 14.6. The first-order valence-corrected chi connectivity index (χ1v) is 6.89. The Labute approximate surface area is 119 Å². The topological polar surface area (TPSA) is 49.5 Å². The van der Waals surface area contributed by atoms with Crippen molar-refractivity contribution < 1.29 is 14.6 Å². The molecular weight excluding hydrogens is 254 g/mol. The number of aliphatic hydroxyl groups is 1. The molecule has 1 heterocycles. The van der Waals surface area contributed by atoms with Crippen molar-refractivity contribution in [2.45, 2.75) is 38.0 Å². The normalized spacial score (nSPS) is 20.4. The van der Waals surface area contributed by atoms with E-state index in [4.69, 9.17) is 4.74 Å². The number of carbonyl (C=O) groups is 1. The highest BCUT2D eigenvalue weighted by Crippen LogP contribution is 2.33. The summed E-state index contributed by atoms with van der Waals surface area (Å²) in [6.07, 6.45) is 0.0576. The summed E-state index contributed by atoms with van der Waals surface area (Å²) >= 11 is 0. The van der Waals surface area contributed by atoms with Crippen molar-refractivity contribution in [1.82, 2.24) is 4.90 Å². The molecule has 2 unspecified atom stereocenters. The SMILES string of the molecule is C=C1[C@H](CC(CC)OC(=O)C(O)c2ccccc2)N1C. The molecule has 1 aromatic rings. The molecule has 2 rings (SSSR count). The van der Waals surface area contributed by atoms with Gasteiger partial charge in [-0.15, -0.1) is 0 Å². The number of aliphatic hydroxyl groups excluding tert-OH is 1. The minimum absolute atomic E-state index is 0.187. The molecule has 0 spiro atoms. The molecule has 4 nitrogen and oxygen atoms in total. The van der Waals surface area contributed by atoms with Crippen molar-refractivity contribution in [1.29, 1.82) is 0 Å². The third-order valence-corrected chi connectivity index (χ3v) is 3.80. The summed E-state index contributed by atoms with van der Waals surface area (Å²) in [7, 11) is 1.97. The van der Waals surface area contributed by atoms with Crippen LogP contribution in [0.1, 0.15) is 31.4 Å². The van der Waals surface area contributed by atoms with Crippen molar-refractivity contribution >= 4 is 5.97 Å². The van der Waals surface area contributed by atoms with Crippen LogP contribution in [0.15, 0.2) is 42.6 Å². The van der Waals surface area contributed by atoms with E-state index in [0.29, 0.717) is 11.6 Å². The Kier molecular flexibility index (Phi) is 4.45. The summed E-state index contributed by atoms with van der Waals surface area (Å²) < 4.78 is 5.41. The van der Waals surface area contributed by atoms with Crippen LogP contribution in [0.5, 0.6) is 0 Å². The molecule has 1 aliphatic heterocycles. The lowest BCUT2D eigenvalue weighted by Crippen LogP contribution is -2.24. The van der Waals surface area contributed by atoms with E-state index in [2.05, 4.69) is 11.5 Å². The molecule has 20 heavy (non-hydrogen) atoms. The third-order valence-electron chi connectivity index (χ3n) is 3.80. The predicted molar refractivity (Wildman–Crippen MR) is 76.9 cm³/mol. The molecule has 1 saturated heterocycles. The maximum atomic E-state index is 12.0. The summed E-state index contributed by atoms with van der Waals surface area (Å²) in [5.74, 6) is -0.586. The maximum absolute atomic E-state index is 12.0. The Morgan fingerprint density at radius 2 is 2.05 bits per heavy atom. The number of carbonyl (C=O) groups excluding carboxylic acids is 1. The molecule has 1 N–H and O–H groups in total. The van der Waals surface area contributed by atoms with Gasteiger partial charge >= 0.3 is 5.97 Å². The van der Waals surface area contributed by atoms with Gasteiger partial charge in [-0.2, -0.15) is 0 Å². The van der Waals surface area contributed by atoms with Gasteiger partial charge < -0.3 is 14.7 Å². The van der Waals surface area contributed by atoms with Gasteiger partial charge in [-0.1, -0.05) is 43.8 Å². The number of hydrogen-bond acceptors (Lipinski definition) is 4. The predicted octanol–water partition coefficient (Wildman–Crippen LogP) is 2.26. The fourth-order valence-corrected chi connectivity index (χ4v) is 2.24. The Morgan fingerprint density at radius 1 is 1.45 bits per heavy atom. The van der Waals surface area contributed by atoms with Crippen molar-refractivity contribution in [2.24, 2.45) is 0 Å². The van der Waals surface area contributed by atoms with Crippen LogP contribution in [0.3, 0.4) is 0 Å². The Hall–Kier alpha value is -1.81. The molecule has 0 aliphatic carbocycles. The lowest BCUT2D eigenvalue weighted by atomic mass is 10.1. The zero-order chi connectivity index (χ0) is 14.7. The van der Waals surface area contributed by atoms with E-state index in [-0.39, 0.29) is 6.10 Å². The summed E-state index contributed by atoms with van der Waals surface area (Å²) in [6, 6.07) is 9.12. The first-order chi connectivity index (χ1) is 9.54. The van der Waals surface area contributed by atoms with Crippen molar-refractivity contribution in [3.8, 4) is 0 Å². The summed E-state index contributed by atoms with van der Waals surface area (Å²) in [6.45, 7) is 5.88. The zero-order valence-corrected chi connectivity index (χ0v) is 12.0. The second kappa shape index (κ2) is 6.09. The third kappa shape index (κ3) is 3.20. The highest BCUT2D eigenvalue weighted by Gasteiger charge is 2.37. The smallest absolute Gasteiger partial charge is 0.339 e. The van der Waals surface area contributed by atoms with Crippen molar-refractivity contribution in [2.75, 3.05) is 7.05 Å². The number of hydrogen-bond donors (Lipinski definition) is 1. The number of nitrogens with zero attached hydrogens (tertiary/aromatic N) is 1. The monoisotopic (exact) mass is 275 g/mol. The van der Waals surface area contributed by atoms with E-state index in [0.717, 1.165) is 18.5 Å². The van der Waals surface area contributed by atoms with Crippen LogP contribution in [-0.2, 0) is 9.53 Å². The lowest BCUT2D eigenvalue weighted by molar-refractivity contribution is -0.160. The van der Waals surface area contributed by atoms with Gasteiger partial charge in [0.1, 0.15) is 6.10 Å². The molecule has 0 saturated carbocycles. The molecule has 4 heteroatoms. The van der Waals surface area contributed by atoms with Crippen LogP contribution in [0, 0.1) is 0 Å². The number of benzene rings is 1. The van der Waals surface area contributed by atoms with E-state index >= 15 is 0 Å². The molecule has 0 bridgehead atoms. The summed E-state index contributed by atoms with van der Waals surface area (Å²) in [5.41, 5.74) is 1.63. The highest BCUT2D eigenvalue weighted by molar-refractivity contribution is 5.76. The number of esters is 1. The highest BCUT2D eigenvalue weighted by atomic mass is 16.6. The van der Waals surface area contributed by atoms with Gasteiger partial charge in [0, 0.05) is 19.2 Å². The van der Waals surface area contributed by atoms with Gasteiger partial charge in [0.2, 0.25) is 0 Å². The maximum Gasteiger partial charge on any atom is 0.339 e. The molecule has 0 amide bonds. The van der Waals surface area contributed by atoms with Crippen LogP contribution in [0.2, 0.25) is 0 Å². The Balaban J connectivity index is 1.90. The van der Waals surface area contributed by atoms with E-state index in [1.165, 1.54) is 0 Å². The lowest BCUT2D eigenvalue weighted by Gasteiger charge is -2.18. The summed E-state index contributed by atoms with van der Waals surface area (Å²) in [5, 5.41) is 9.98. The Morgan fingerprint density at radius 3 is 2.55 bits per heavy atom. The van der Waals surface area contributed by atoms with Crippen molar-refractivity contribution in [3.05, 3.63) is 48.2 Å². The molecule has 1 aromatic carbocycles. The van der Waals surface area contributed by atoms with E-state index in [1.807, 2.05) is 20.0 Å². The van der Waals surface area contributed by atoms with Crippen molar-refractivity contribution in [3.63, 3.8) is 0 Å². The minimum atomic E-state index is -1.22. The fraction of sp³-hybridized carbons (Fsp3) is 0.438. The fourth-order valence-electron chi connectivity index (χ4n) is 2.24. The first-order valence-electron chi connectivity index (χ1n) is 6.89. The molecule has 1 fully saturated rings. The average Bonchev–Trinajstić information content (AvgIpc) is 3.04. The molecule has 0 radical (unpaired) electrons. The molecule has 1 aliphatic rings. The Bertz CT molecular complexity index is 486. The second-order valence-corrected chi connectivity index (χ2v) is 5.13. The average molecular weight is 275 g/mol. The van der Waals surface area contributed by atoms with Gasteiger partial charge in [0.15, 0.2) is 6.10 Å². The molecule has 3 atom stereocenters. The molecule has 0 aromatic heterocycles. The van der Waals surface area contributed by atoms with E-state index in [1.54, 1.807) is 24.3 Å². The van der Waals surface area contributed by atoms with Crippen LogP contribution >= 0.6 is 0 Å². The van der Waals surface area contributed by atoms with Crippen LogP contribution in [-0.4, -0.2) is 35.2 Å². The largest absolute Gasteiger partial charge is 0.460 e. The molecule has 108 valence electrons. The summed E-state index contributed by atoms with van der Waals surface area (Å²) in [4.78, 5) is 14.0. The van der Waals surface area contributed by atoms with Gasteiger partial charge in [-0.3, -0.25) is 0 Å². The van der Waals surface area contributed by atoms with Gasteiger partial charge in [0.05, 0.1) is 6.04 Å². The van der Waals surface area contributed by atoms with E-state index < -0.39 is 12.1 Å². The number of ether oxygens (including phenoxy) is 1. The van der Waals surface area contributed by atoms with Gasteiger partial charge in [0.25, 0.3) is 0 Å². The van der Waals surface area contributed by atoms with Gasteiger partial charge in [-0.25, -0.2) is 4.79 Å². The standard InChI is InChI=1S/C16H21NO3/c1-4-13(10-14-11(2)17(14)3)20-16(19)15(18)12-8-6-5-7-9-12/h5-9,13-15,18H,2,4,10H2,1,3H3/t13?,14-,15?,17?/m0/s1. The zero-order valence-electron chi connectivity index (χ0n) is 12.0. The number of likely N-dealkylation sites (N-methyl/N-ethyl adjacent to an activating group) is 1. The van der Waals surface area contributed by atoms with Crippen LogP contribution in [0.25, 0.3) is 0 Å². The number of rotatable bonds is 6. The minimum Gasteiger partial charge on any atom is -0.460 e. The van der Waals surface area contributed by atoms with Gasteiger partial charge in [-0.05, 0) is 12.0 Å². The quantitative estimate of drug-likeness (QED) is 0.639. The van der Waals surface area contributed by atoms with Crippen LogP contribution in [0.4, 0.5) is 0 Å². The molecular formula is C16H21NO3. The second-order valence-electron chi connectivity index (χ2n) is 5.13. The van der Waals surface area contributed by atoms with E-state index in [9.17, 15) is 9.90 Å². The van der Waals surface area contributed by atoms with Crippen LogP contribution < -0.4 is 0 Å².